The zero-order valence-corrected chi connectivity index (χ0v) is 19.6. The van der Waals surface area contributed by atoms with E-state index in [1.807, 2.05) is 0 Å². The van der Waals surface area contributed by atoms with Gasteiger partial charge in [0.25, 0.3) is 0 Å². The fourth-order valence-corrected chi connectivity index (χ4v) is 5.45. The maximum absolute atomic E-state index is 12.5. The molecule has 33 heavy (non-hydrogen) atoms. The van der Waals surface area contributed by atoms with Gasteiger partial charge in [-0.25, -0.2) is 26.4 Å². The Morgan fingerprint density at radius 2 is 1.52 bits per heavy atom. The third-order valence-corrected chi connectivity index (χ3v) is 8.44. The largest absolute Gasteiger partial charge is 0.454 e. The number of benzene rings is 2. The van der Waals surface area contributed by atoms with Crippen LogP contribution in [0.3, 0.4) is 0 Å². The first-order chi connectivity index (χ1) is 15.6. The summed E-state index contributed by atoms with van der Waals surface area (Å²) in [6.07, 6.45) is 4.22. The number of nitrogens with zero attached hydrogens (tertiary/aromatic N) is 1. The van der Waals surface area contributed by atoms with Gasteiger partial charge in [0.15, 0.2) is 12.4 Å². The van der Waals surface area contributed by atoms with E-state index in [1.165, 1.54) is 66.0 Å². The van der Waals surface area contributed by atoms with Crippen molar-refractivity contribution in [1.29, 1.82) is 0 Å². The van der Waals surface area contributed by atoms with Gasteiger partial charge in [0, 0.05) is 24.7 Å². The van der Waals surface area contributed by atoms with E-state index >= 15 is 0 Å². The van der Waals surface area contributed by atoms with Crippen molar-refractivity contribution < 1.29 is 31.2 Å². The Balaban J connectivity index is 1.54. The van der Waals surface area contributed by atoms with E-state index in [9.17, 15) is 26.4 Å². The van der Waals surface area contributed by atoms with Crippen LogP contribution in [0.15, 0.2) is 64.4 Å². The van der Waals surface area contributed by atoms with Crippen molar-refractivity contribution >= 4 is 37.9 Å². The van der Waals surface area contributed by atoms with E-state index in [4.69, 9.17) is 4.74 Å². The number of sulfonamides is 2. The molecule has 3 rings (SSSR count). The number of rotatable bonds is 9. The summed E-state index contributed by atoms with van der Waals surface area (Å²) >= 11 is 0. The molecule has 0 radical (unpaired) electrons. The Bertz CT molecular complexity index is 1240. The summed E-state index contributed by atoms with van der Waals surface area (Å²) < 4.78 is 57.1. The average molecular weight is 493 g/mol. The summed E-state index contributed by atoms with van der Waals surface area (Å²) in [5, 5.41) is 0. The molecule has 11 heteroatoms. The van der Waals surface area contributed by atoms with E-state index < -0.39 is 38.4 Å². The van der Waals surface area contributed by atoms with Crippen molar-refractivity contribution in [3.05, 3.63) is 65.7 Å². The number of hydrogen-bond acceptors (Lipinski definition) is 7. The molecule has 0 saturated carbocycles. The Kier molecular flexibility index (Phi) is 7.80. The maximum atomic E-state index is 12.5. The van der Waals surface area contributed by atoms with Crippen LogP contribution in [0, 0.1) is 0 Å². The van der Waals surface area contributed by atoms with Crippen LogP contribution in [0.25, 0.3) is 6.08 Å². The van der Waals surface area contributed by atoms with Gasteiger partial charge in [-0.3, -0.25) is 4.79 Å². The minimum Gasteiger partial charge on any atom is -0.454 e. The first kappa shape index (κ1) is 24.8. The van der Waals surface area contributed by atoms with Crippen molar-refractivity contribution in [3.63, 3.8) is 0 Å². The van der Waals surface area contributed by atoms with Gasteiger partial charge >= 0.3 is 5.97 Å². The van der Waals surface area contributed by atoms with Crippen LogP contribution in [-0.4, -0.2) is 59.6 Å². The molecule has 1 heterocycles. The molecular formula is C22H24N2O7S2. The second kappa shape index (κ2) is 10.4. The monoisotopic (exact) mass is 492 g/mol. The molecule has 1 saturated heterocycles. The van der Waals surface area contributed by atoms with Gasteiger partial charge < -0.3 is 4.74 Å². The lowest BCUT2D eigenvalue weighted by Crippen LogP contribution is -2.27. The molecule has 2 aromatic rings. The predicted octanol–water partition coefficient (Wildman–Crippen LogP) is 1.82. The first-order valence-electron chi connectivity index (χ1n) is 10.2. The van der Waals surface area contributed by atoms with E-state index in [1.54, 1.807) is 0 Å². The summed E-state index contributed by atoms with van der Waals surface area (Å²) in [5.74, 6) is -1.22. The number of hydrogen-bond donors (Lipinski definition) is 1. The third kappa shape index (κ3) is 6.14. The lowest BCUT2D eigenvalue weighted by Gasteiger charge is -2.15. The van der Waals surface area contributed by atoms with Crippen molar-refractivity contribution in [2.24, 2.45) is 0 Å². The molecule has 0 unspecified atom stereocenters. The molecule has 0 atom stereocenters. The van der Waals surface area contributed by atoms with Crippen LogP contribution in [0.1, 0.15) is 28.8 Å². The Hall–Kier alpha value is -2.86. The minimum atomic E-state index is -3.56. The van der Waals surface area contributed by atoms with Crippen LogP contribution in [-0.2, 0) is 29.6 Å². The number of esters is 1. The summed E-state index contributed by atoms with van der Waals surface area (Å²) in [6.45, 7) is 0.484. The second-order valence-corrected chi connectivity index (χ2v) is 11.1. The summed E-state index contributed by atoms with van der Waals surface area (Å²) in [4.78, 5) is 24.4. The molecular weight excluding hydrogens is 468 g/mol. The molecule has 176 valence electrons. The van der Waals surface area contributed by atoms with Crippen LogP contribution in [0.5, 0.6) is 0 Å². The van der Waals surface area contributed by atoms with Gasteiger partial charge in [-0.15, -0.1) is 0 Å². The molecule has 0 aliphatic carbocycles. The minimum absolute atomic E-state index is 0.0922. The van der Waals surface area contributed by atoms with Crippen LogP contribution < -0.4 is 4.72 Å². The predicted molar refractivity (Wildman–Crippen MR) is 121 cm³/mol. The van der Waals surface area contributed by atoms with Gasteiger partial charge in [-0.1, -0.05) is 12.1 Å². The Labute approximate surface area is 193 Å². The highest BCUT2D eigenvalue weighted by molar-refractivity contribution is 7.89. The molecule has 0 spiro atoms. The number of ketones is 1. The van der Waals surface area contributed by atoms with E-state index in [-0.39, 0.29) is 15.4 Å². The molecule has 0 amide bonds. The van der Waals surface area contributed by atoms with Crippen LogP contribution in [0.4, 0.5) is 0 Å². The highest BCUT2D eigenvalue weighted by atomic mass is 32.2. The topological polar surface area (TPSA) is 127 Å². The number of Topliss-reactive ketones (excluding diaryl/α,β-unsaturated/α-hetero) is 1. The van der Waals surface area contributed by atoms with Gasteiger partial charge in [-0.2, -0.15) is 4.31 Å². The molecule has 0 bridgehead atoms. The fourth-order valence-electron chi connectivity index (χ4n) is 3.20. The smallest absolute Gasteiger partial charge is 0.331 e. The number of carbonyl (C=O) groups excluding carboxylic acids is 2. The molecule has 1 N–H and O–H groups in total. The fraction of sp³-hybridized carbons (Fsp3) is 0.273. The number of carbonyl (C=O) groups is 2. The van der Waals surface area contributed by atoms with Crippen molar-refractivity contribution in [2.75, 3.05) is 26.7 Å². The molecule has 1 aliphatic rings. The van der Waals surface area contributed by atoms with Gasteiger partial charge in [-0.05, 0) is 67.9 Å². The molecule has 1 aliphatic heterocycles. The van der Waals surface area contributed by atoms with Gasteiger partial charge in [0.05, 0.1) is 9.79 Å². The standard InChI is InChI=1S/C22H24N2O7S2/c1-23-32(27,28)19-9-4-17(5-10-19)6-13-22(26)31-16-21(25)18-7-11-20(12-8-18)33(29,30)24-14-2-3-15-24/h4-13,23H,2-3,14-16H2,1H3/b13-6+. The summed E-state index contributed by atoms with van der Waals surface area (Å²) in [7, 11) is -5.80. The Morgan fingerprint density at radius 3 is 2.09 bits per heavy atom. The van der Waals surface area contributed by atoms with Crippen molar-refractivity contribution in [3.8, 4) is 0 Å². The second-order valence-electron chi connectivity index (χ2n) is 7.28. The number of ether oxygens (including phenoxy) is 1. The summed E-state index contributed by atoms with van der Waals surface area (Å²) in [5.41, 5.74) is 0.802. The summed E-state index contributed by atoms with van der Waals surface area (Å²) in [6, 6.07) is 11.4. The first-order valence-corrected chi connectivity index (χ1v) is 13.1. The van der Waals surface area contributed by atoms with Crippen LogP contribution >= 0.6 is 0 Å². The third-order valence-electron chi connectivity index (χ3n) is 5.10. The quantitative estimate of drug-likeness (QED) is 0.321. The SMILES string of the molecule is CNS(=O)(=O)c1ccc(/C=C/C(=O)OCC(=O)c2ccc(S(=O)(=O)N3CCCC3)cc2)cc1. The highest BCUT2D eigenvalue weighted by Crippen LogP contribution is 2.21. The van der Waals surface area contributed by atoms with Crippen molar-refractivity contribution in [1.82, 2.24) is 9.03 Å². The highest BCUT2D eigenvalue weighted by Gasteiger charge is 2.27. The van der Waals surface area contributed by atoms with E-state index in [0.717, 1.165) is 18.9 Å². The van der Waals surface area contributed by atoms with Crippen molar-refractivity contribution in [2.45, 2.75) is 22.6 Å². The van der Waals surface area contributed by atoms with Gasteiger partial charge in [0.1, 0.15) is 0 Å². The molecule has 1 fully saturated rings. The average Bonchev–Trinajstić information content (AvgIpc) is 3.37. The lowest BCUT2D eigenvalue weighted by atomic mass is 10.1. The zero-order chi connectivity index (χ0) is 24.1. The molecule has 2 aromatic carbocycles. The molecule has 0 aromatic heterocycles. The maximum Gasteiger partial charge on any atom is 0.331 e. The van der Waals surface area contributed by atoms with E-state index in [0.29, 0.717) is 18.7 Å². The zero-order valence-electron chi connectivity index (χ0n) is 17.9. The van der Waals surface area contributed by atoms with Crippen LogP contribution in [0.2, 0.25) is 0 Å². The Morgan fingerprint density at radius 1 is 0.939 bits per heavy atom. The molecule has 9 nitrogen and oxygen atoms in total. The number of nitrogens with one attached hydrogen (secondary N) is 1. The normalized spacial score (nSPS) is 15.1. The van der Waals surface area contributed by atoms with Gasteiger partial charge in [0.2, 0.25) is 20.0 Å². The van der Waals surface area contributed by atoms with E-state index in [2.05, 4.69) is 4.72 Å². The lowest BCUT2D eigenvalue weighted by molar-refractivity contribution is -0.136.